The van der Waals surface area contributed by atoms with Gasteiger partial charge in [-0.25, -0.2) is 0 Å². The lowest BCUT2D eigenvalue weighted by Crippen LogP contribution is -2.37. The Morgan fingerprint density at radius 1 is 1.03 bits per heavy atom. The highest BCUT2D eigenvalue weighted by molar-refractivity contribution is 6.31. The summed E-state index contributed by atoms with van der Waals surface area (Å²) in [6, 6.07) is 4.59. The van der Waals surface area contributed by atoms with Gasteiger partial charge in [0.05, 0.1) is 36.0 Å². The summed E-state index contributed by atoms with van der Waals surface area (Å²) in [5.74, 6) is -2.15. The summed E-state index contributed by atoms with van der Waals surface area (Å²) in [4.78, 5) is 38.1. The minimum atomic E-state index is -0.609. The maximum Gasteiger partial charge on any atom is 0.202 e. The molecule has 0 spiro atoms. The molecule has 4 N–H and O–H groups in total. The lowest BCUT2D eigenvalue weighted by atomic mass is 9.75. The largest absolute Gasteiger partial charge is 0.507 e. The van der Waals surface area contributed by atoms with Crippen LogP contribution in [0.15, 0.2) is 18.2 Å². The summed E-state index contributed by atoms with van der Waals surface area (Å²) < 4.78 is 10.4. The molecule has 5 rings (SSSR count). The molecule has 4 unspecified atom stereocenters. The molecule has 0 radical (unpaired) electrons. The Morgan fingerprint density at radius 2 is 1.68 bits per heavy atom. The van der Waals surface area contributed by atoms with E-state index in [0.717, 1.165) is 13.0 Å². The van der Waals surface area contributed by atoms with Crippen molar-refractivity contribution in [3.8, 4) is 17.2 Å². The highest BCUT2D eigenvalue weighted by atomic mass is 16.5. The van der Waals surface area contributed by atoms with E-state index in [9.17, 15) is 29.7 Å². The van der Waals surface area contributed by atoms with E-state index < -0.39 is 24.1 Å². The van der Waals surface area contributed by atoms with E-state index in [1.165, 1.54) is 13.2 Å². The van der Waals surface area contributed by atoms with Crippen molar-refractivity contribution in [2.24, 2.45) is 11.8 Å². The number of aromatic hydroxyl groups is 2. The van der Waals surface area contributed by atoms with E-state index in [4.69, 9.17) is 14.6 Å². The Kier molecular flexibility index (Phi) is 8.97. The van der Waals surface area contributed by atoms with E-state index >= 15 is 0 Å². The molecule has 38 heavy (non-hydrogen) atoms. The lowest BCUT2D eigenvalue weighted by Gasteiger charge is -2.30. The Morgan fingerprint density at radius 3 is 2.29 bits per heavy atom. The van der Waals surface area contributed by atoms with Gasteiger partial charge in [-0.1, -0.05) is 26.5 Å². The Hall–Kier alpha value is -3.27. The topological polar surface area (TPSA) is 151 Å². The van der Waals surface area contributed by atoms with Crippen molar-refractivity contribution >= 4 is 17.3 Å². The van der Waals surface area contributed by atoms with Gasteiger partial charge in [0, 0.05) is 29.2 Å². The number of aliphatic hydroxyl groups is 2. The third kappa shape index (κ3) is 4.93. The number of carbonyl (C=O) groups is 3. The van der Waals surface area contributed by atoms with Crippen molar-refractivity contribution in [3.05, 3.63) is 51.6 Å². The molecule has 2 aromatic rings. The van der Waals surface area contributed by atoms with Crippen LogP contribution in [-0.2, 0) is 22.4 Å². The highest BCUT2D eigenvalue weighted by Gasteiger charge is 2.41. The van der Waals surface area contributed by atoms with E-state index in [2.05, 4.69) is 6.92 Å². The molecule has 1 fully saturated rings. The second-order valence-electron chi connectivity index (χ2n) is 9.84. The summed E-state index contributed by atoms with van der Waals surface area (Å²) in [5.41, 5.74) is 0.301. The molecule has 206 valence electrons. The van der Waals surface area contributed by atoms with Gasteiger partial charge in [-0.05, 0) is 44.6 Å². The van der Waals surface area contributed by atoms with Gasteiger partial charge < -0.3 is 29.9 Å². The van der Waals surface area contributed by atoms with Crippen molar-refractivity contribution in [1.29, 1.82) is 0 Å². The first-order chi connectivity index (χ1) is 17.6. The number of aliphatic hydroxyl groups excluding tert-OH is 2. The van der Waals surface area contributed by atoms with Crippen LogP contribution >= 0.6 is 0 Å². The fraction of sp³-hybridized carbons (Fsp3) is 0.483. The van der Waals surface area contributed by atoms with Crippen molar-refractivity contribution in [2.75, 3.05) is 20.3 Å². The molecule has 9 heteroatoms. The van der Waals surface area contributed by atoms with Crippen molar-refractivity contribution in [1.82, 2.24) is 0 Å². The van der Waals surface area contributed by atoms with Crippen LogP contribution in [0.5, 0.6) is 17.2 Å². The SMILES string of the molecule is C.CC1CCOC(C)C1O.COc1cccc2c1C(=O)c1c(O)c3c(c(O)c1C2=O)CC(C(=O)CO)CC3. The summed E-state index contributed by atoms with van der Waals surface area (Å²) in [6.07, 6.45) is 1.49. The minimum Gasteiger partial charge on any atom is -0.507 e. The molecule has 1 saturated heterocycles. The minimum absolute atomic E-state index is 0. The standard InChI is InChI=1S/C21H18O7.C7H14O2.CH4/c1-28-14-4-2-3-11-15(14)21(27)17-16(19(11)25)20(26)12-7-9(13(23)8-22)5-6-10(12)18(17)24;1-5-3-4-9-6(2)7(5)8;/h2-4,9,22,24,26H,5-8H2,1H3;5-8H,3-4H2,1-2H3;1H4. The zero-order valence-electron chi connectivity index (χ0n) is 21.1. The van der Waals surface area contributed by atoms with Gasteiger partial charge >= 0.3 is 0 Å². The van der Waals surface area contributed by atoms with Crippen LogP contribution in [-0.4, -0.2) is 70.3 Å². The zero-order valence-corrected chi connectivity index (χ0v) is 21.1. The molecule has 0 aromatic heterocycles. The number of hydrogen-bond acceptors (Lipinski definition) is 9. The van der Waals surface area contributed by atoms with Crippen LogP contribution in [0.1, 0.15) is 77.1 Å². The van der Waals surface area contributed by atoms with Crippen LogP contribution in [0.25, 0.3) is 0 Å². The number of phenolic OH excluding ortho intramolecular Hbond substituents is 2. The zero-order chi connectivity index (χ0) is 27.0. The van der Waals surface area contributed by atoms with Gasteiger partial charge in [-0.2, -0.15) is 0 Å². The molecule has 1 aliphatic heterocycles. The summed E-state index contributed by atoms with van der Waals surface area (Å²) >= 11 is 0. The third-order valence-electron chi connectivity index (χ3n) is 7.65. The van der Waals surface area contributed by atoms with Gasteiger partial charge in [-0.3, -0.25) is 14.4 Å². The van der Waals surface area contributed by atoms with Gasteiger partial charge in [-0.15, -0.1) is 0 Å². The number of carbonyl (C=O) groups excluding carboxylic acids is 3. The Labute approximate surface area is 222 Å². The molecule has 4 atom stereocenters. The summed E-state index contributed by atoms with van der Waals surface area (Å²) in [5, 5.41) is 40.1. The molecule has 2 aromatic carbocycles. The van der Waals surface area contributed by atoms with E-state index in [1.54, 1.807) is 12.1 Å². The van der Waals surface area contributed by atoms with Gasteiger partial charge in [0.15, 0.2) is 11.6 Å². The number of Topliss-reactive ketones (excluding diaryl/α,β-unsaturated/α-hetero) is 1. The maximum atomic E-state index is 13.1. The second kappa shape index (κ2) is 11.6. The third-order valence-corrected chi connectivity index (χ3v) is 7.65. The predicted octanol–water partition coefficient (Wildman–Crippen LogP) is 2.98. The molecule has 0 bridgehead atoms. The molecule has 1 heterocycles. The average Bonchev–Trinajstić information content (AvgIpc) is 2.91. The highest BCUT2D eigenvalue weighted by Crippen LogP contribution is 2.47. The van der Waals surface area contributed by atoms with Crippen LogP contribution in [0.4, 0.5) is 0 Å². The maximum absolute atomic E-state index is 13.1. The summed E-state index contributed by atoms with van der Waals surface area (Å²) in [6.45, 7) is 4.17. The van der Waals surface area contributed by atoms with Crippen LogP contribution in [0, 0.1) is 11.8 Å². The van der Waals surface area contributed by atoms with Crippen LogP contribution in [0.3, 0.4) is 0 Å². The molecule has 0 amide bonds. The second-order valence-corrected chi connectivity index (χ2v) is 9.84. The van der Waals surface area contributed by atoms with Crippen LogP contribution < -0.4 is 4.74 Å². The van der Waals surface area contributed by atoms with Gasteiger partial charge in [0.25, 0.3) is 0 Å². The number of phenols is 2. The Balaban J connectivity index is 0.000000341. The average molecular weight is 529 g/mol. The number of rotatable bonds is 3. The van der Waals surface area contributed by atoms with E-state index in [0.29, 0.717) is 17.9 Å². The van der Waals surface area contributed by atoms with Gasteiger partial charge in [0.2, 0.25) is 5.78 Å². The van der Waals surface area contributed by atoms with E-state index in [1.807, 2.05) is 6.92 Å². The summed E-state index contributed by atoms with van der Waals surface area (Å²) in [7, 11) is 1.38. The quantitative estimate of drug-likeness (QED) is 0.376. The first-order valence-electron chi connectivity index (χ1n) is 12.4. The fourth-order valence-electron chi connectivity index (χ4n) is 5.38. The lowest BCUT2D eigenvalue weighted by molar-refractivity contribution is -0.126. The fourth-order valence-corrected chi connectivity index (χ4v) is 5.38. The monoisotopic (exact) mass is 528 g/mol. The number of ether oxygens (including phenoxy) is 2. The van der Waals surface area contributed by atoms with Crippen molar-refractivity contribution < 1.29 is 44.3 Å². The molecule has 9 nitrogen and oxygen atoms in total. The van der Waals surface area contributed by atoms with Gasteiger partial charge in [0.1, 0.15) is 23.9 Å². The number of fused-ring (bicyclic) bond motifs is 3. The molecular weight excluding hydrogens is 492 g/mol. The predicted molar refractivity (Wildman–Crippen MR) is 139 cm³/mol. The first-order valence-corrected chi connectivity index (χ1v) is 12.4. The van der Waals surface area contributed by atoms with E-state index in [-0.39, 0.29) is 83.3 Å². The molecule has 3 aliphatic rings. The number of hydrogen-bond donors (Lipinski definition) is 4. The molecular formula is C29H36O9. The first kappa shape index (κ1) is 29.3. The normalized spacial score (nSPS) is 23.6. The number of ketones is 3. The van der Waals surface area contributed by atoms with Crippen molar-refractivity contribution in [2.45, 2.75) is 59.2 Å². The van der Waals surface area contributed by atoms with Crippen LogP contribution in [0.2, 0.25) is 0 Å². The van der Waals surface area contributed by atoms with Crippen molar-refractivity contribution in [3.63, 3.8) is 0 Å². The Bertz CT molecular complexity index is 1240. The molecule has 2 aliphatic carbocycles. The molecule has 0 saturated carbocycles. The smallest absolute Gasteiger partial charge is 0.202 e. The number of benzene rings is 2. The number of methoxy groups -OCH3 is 1.